The first kappa shape index (κ1) is 20.6. The highest BCUT2D eigenvalue weighted by Crippen LogP contribution is 2.28. The highest BCUT2D eigenvalue weighted by molar-refractivity contribution is 7.10. The Morgan fingerprint density at radius 3 is 2.50 bits per heavy atom. The lowest BCUT2D eigenvalue weighted by molar-refractivity contribution is -0.115. The Balaban J connectivity index is 1.72. The minimum absolute atomic E-state index is 0.0220. The monoisotopic (exact) mass is 412 g/mol. The maximum Gasteiger partial charge on any atom is 0.238 e. The van der Waals surface area contributed by atoms with Gasteiger partial charge in [-0.3, -0.25) is 10.1 Å². The largest absolute Gasteiger partial charge is 0.323 e. The number of halogens is 1. The standard InChI is InChI=1S/C23H25ClN2OS/c1-4-17-7-9-18(10-8-17)23(20-6-5-11-28-20)25-14-21(27)26-22-16(3)12-15(2)13-19(22)24/h5-13,23,25H,4,14H2,1-3H3,(H,26,27)/t23-/m0/s1. The molecule has 146 valence electrons. The zero-order valence-corrected chi connectivity index (χ0v) is 18.0. The number of hydrogen-bond donors (Lipinski definition) is 2. The Bertz CT molecular complexity index is 913. The second kappa shape index (κ2) is 9.37. The van der Waals surface area contributed by atoms with Crippen molar-refractivity contribution >= 4 is 34.5 Å². The van der Waals surface area contributed by atoms with E-state index in [4.69, 9.17) is 11.6 Å². The van der Waals surface area contributed by atoms with Crippen molar-refractivity contribution in [1.29, 1.82) is 0 Å². The van der Waals surface area contributed by atoms with Crippen LogP contribution in [0.1, 0.15) is 40.1 Å². The van der Waals surface area contributed by atoms with Crippen LogP contribution in [0.15, 0.2) is 53.9 Å². The van der Waals surface area contributed by atoms with Crippen molar-refractivity contribution in [2.45, 2.75) is 33.2 Å². The van der Waals surface area contributed by atoms with Gasteiger partial charge >= 0.3 is 0 Å². The molecule has 3 nitrogen and oxygen atoms in total. The molecule has 1 atom stereocenters. The molecule has 0 fully saturated rings. The number of anilines is 1. The van der Waals surface area contributed by atoms with Crippen LogP contribution in [-0.2, 0) is 11.2 Å². The van der Waals surface area contributed by atoms with E-state index in [2.05, 4.69) is 53.3 Å². The summed E-state index contributed by atoms with van der Waals surface area (Å²) in [4.78, 5) is 13.8. The van der Waals surface area contributed by atoms with E-state index in [-0.39, 0.29) is 18.5 Å². The summed E-state index contributed by atoms with van der Waals surface area (Å²) in [5, 5.41) is 8.97. The Morgan fingerprint density at radius 1 is 1.14 bits per heavy atom. The molecule has 0 aliphatic rings. The lowest BCUT2D eigenvalue weighted by Gasteiger charge is -2.19. The quantitative estimate of drug-likeness (QED) is 0.507. The number of carbonyl (C=O) groups excluding carboxylic acids is 1. The third-order valence-corrected chi connectivity index (χ3v) is 5.95. The molecule has 0 saturated carbocycles. The van der Waals surface area contributed by atoms with Crippen molar-refractivity contribution in [2.24, 2.45) is 0 Å². The first-order valence-corrected chi connectivity index (χ1v) is 10.7. The number of aryl methyl sites for hydroxylation is 3. The van der Waals surface area contributed by atoms with Crippen molar-refractivity contribution in [3.63, 3.8) is 0 Å². The van der Waals surface area contributed by atoms with Crippen LogP contribution in [-0.4, -0.2) is 12.5 Å². The summed E-state index contributed by atoms with van der Waals surface area (Å²) < 4.78 is 0. The molecular weight excluding hydrogens is 388 g/mol. The lowest BCUT2D eigenvalue weighted by Crippen LogP contribution is -2.31. The normalized spacial score (nSPS) is 12.0. The number of nitrogens with one attached hydrogen (secondary N) is 2. The summed E-state index contributed by atoms with van der Waals surface area (Å²) in [6.45, 7) is 6.28. The van der Waals surface area contributed by atoms with Crippen LogP contribution in [0.25, 0.3) is 0 Å². The molecule has 0 radical (unpaired) electrons. The molecule has 2 N–H and O–H groups in total. The van der Waals surface area contributed by atoms with Crippen LogP contribution in [0.2, 0.25) is 5.02 Å². The number of benzene rings is 2. The summed E-state index contributed by atoms with van der Waals surface area (Å²) in [5.74, 6) is -0.111. The fraction of sp³-hybridized carbons (Fsp3) is 0.261. The number of carbonyl (C=O) groups is 1. The summed E-state index contributed by atoms with van der Waals surface area (Å²) in [6.07, 6.45) is 1.01. The minimum Gasteiger partial charge on any atom is -0.323 e. The fourth-order valence-electron chi connectivity index (χ4n) is 3.24. The molecular formula is C23H25ClN2OS. The molecule has 1 amide bonds. The van der Waals surface area contributed by atoms with E-state index in [1.54, 1.807) is 11.3 Å². The van der Waals surface area contributed by atoms with Crippen LogP contribution >= 0.6 is 22.9 Å². The maximum absolute atomic E-state index is 12.6. The van der Waals surface area contributed by atoms with E-state index in [9.17, 15) is 4.79 Å². The second-order valence-electron chi connectivity index (χ2n) is 6.91. The molecule has 0 bridgehead atoms. The predicted octanol–water partition coefficient (Wildman–Crippen LogP) is 5.90. The van der Waals surface area contributed by atoms with Crippen molar-refractivity contribution in [2.75, 3.05) is 11.9 Å². The van der Waals surface area contributed by atoms with Gasteiger partial charge in [-0.2, -0.15) is 0 Å². The Hall–Kier alpha value is -2.14. The molecule has 3 aromatic rings. The van der Waals surface area contributed by atoms with Gasteiger partial charge in [-0.05, 0) is 60.0 Å². The average molecular weight is 413 g/mol. The molecule has 0 unspecified atom stereocenters. The average Bonchev–Trinajstić information content (AvgIpc) is 3.20. The fourth-order valence-corrected chi connectivity index (χ4v) is 4.43. The van der Waals surface area contributed by atoms with Gasteiger partial charge < -0.3 is 5.32 Å². The topological polar surface area (TPSA) is 41.1 Å². The van der Waals surface area contributed by atoms with Crippen LogP contribution in [0, 0.1) is 13.8 Å². The van der Waals surface area contributed by atoms with Crippen molar-refractivity contribution in [1.82, 2.24) is 5.32 Å². The van der Waals surface area contributed by atoms with E-state index in [1.807, 2.05) is 32.0 Å². The molecule has 0 saturated heterocycles. The number of thiophene rings is 1. The van der Waals surface area contributed by atoms with E-state index < -0.39 is 0 Å². The molecule has 28 heavy (non-hydrogen) atoms. The van der Waals surface area contributed by atoms with Crippen LogP contribution in [0.5, 0.6) is 0 Å². The first-order valence-electron chi connectivity index (χ1n) is 9.40. The zero-order chi connectivity index (χ0) is 20.1. The Labute approximate surface area is 175 Å². The van der Waals surface area contributed by atoms with Gasteiger partial charge in [0.1, 0.15) is 0 Å². The third kappa shape index (κ3) is 5.02. The summed E-state index contributed by atoms with van der Waals surface area (Å²) in [6, 6.07) is 16.5. The SMILES string of the molecule is CCc1ccc([C@H](NCC(=O)Nc2c(C)cc(C)cc2Cl)c2cccs2)cc1. The first-order chi connectivity index (χ1) is 13.5. The highest BCUT2D eigenvalue weighted by Gasteiger charge is 2.17. The van der Waals surface area contributed by atoms with Gasteiger partial charge in [-0.25, -0.2) is 0 Å². The minimum atomic E-state index is -0.111. The van der Waals surface area contributed by atoms with Gasteiger partial charge in [0.15, 0.2) is 0 Å². The summed E-state index contributed by atoms with van der Waals surface area (Å²) >= 11 is 8.00. The molecule has 0 aliphatic heterocycles. The van der Waals surface area contributed by atoms with E-state index >= 15 is 0 Å². The van der Waals surface area contributed by atoms with Gasteiger partial charge in [0.25, 0.3) is 0 Å². The van der Waals surface area contributed by atoms with Crippen LogP contribution < -0.4 is 10.6 Å². The van der Waals surface area contributed by atoms with Crippen LogP contribution in [0.3, 0.4) is 0 Å². The lowest BCUT2D eigenvalue weighted by atomic mass is 10.0. The smallest absolute Gasteiger partial charge is 0.238 e. The van der Waals surface area contributed by atoms with Gasteiger partial charge in [-0.1, -0.05) is 54.9 Å². The van der Waals surface area contributed by atoms with Crippen molar-refractivity contribution in [3.05, 3.63) is 86.1 Å². The van der Waals surface area contributed by atoms with Crippen molar-refractivity contribution < 1.29 is 4.79 Å². The summed E-state index contributed by atoms with van der Waals surface area (Å²) in [5.41, 5.74) is 5.17. The predicted molar refractivity (Wildman–Crippen MR) is 120 cm³/mol. The molecule has 3 rings (SSSR count). The Kier molecular flexibility index (Phi) is 6.89. The summed E-state index contributed by atoms with van der Waals surface area (Å²) in [7, 11) is 0. The van der Waals surface area contributed by atoms with Gasteiger partial charge in [-0.15, -0.1) is 11.3 Å². The molecule has 1 heterocycles. The van der Waals surface area contributed by atoms with Gasteiger partial charge in [0, 0.05) is 4.88 Å². The number of hydrogen-bond acceptors (Lipinski definition) is 3. The molecule has 0 spiro atoms. The highest BCUT2D eigenvalue weighted by atomic mass is 35.5. The second-order valence-corrected chi connectivity index (χ2v) is 8.30. The number of amides is 1. The molecule has 5 heteroatoms. The van der Waals surface area contributed by atoms with E-state index in [0.29, 0.717) is 10.7 Å². The van der Waals surface area contributed by atoms with E-state index in [1.165, 1.54) is 10.4 Å². The van der Waals surface area contributed by atoms with Gasteiger partial charge in [0.05, 0.1) is 23.3 Å². The molecule has 0 aliphatic carbocycles. The van der Waals surface area contributed by atoms with Crippen LogP contribution in [0.4, 0.5) is 5.69 Å². The zero-order valence-electron chi connectivity index (χ0n) is 16.4. The van der Waals surface area contributed by atoms with Gasteiger partial charge in [0.2, 0.25) is 5.91 Å². The Morgan fingerprint density at radius 2 is 1.89 bits per heavy atom. The maximum atomic E-state index is 12.6. The molecule has 2 aromatic carbocycles. The van der Waals surface area contributed by atoms with Crippen molar-refractivity contribution in [3.8, 4) is 0 Å². The molecule has 1 aromatic heterocycles. The van der Waals surface area contributed by atoms with E-state index in [0.717, 1.165) is 23.1 Å². The third-order valence-electron chi connectivity index (χ3n) is 4.71. The number of rotatable bonds is 7.